The van der Waals surface area contributed by atoms with Crippen molar-refractivity contribution in [2.24, 2.45) is 5.92 Å². The van der Waals surface area contributed by atoms with Crippen LogP contribution in [-0.4, -0.2) is 23.0 Å². The summed E-state index contributed by atoms with van der Waals surface area (Å²) in [6, 6.07) is 6.87. The Kier molecular flexibility index (Phi) is 3.69. The molecule has 1 aromatic rings. The molecule has 0 spiro atoms. The van der Waals surface area contributed by atoms with E-state index >= 15 is 0 Å². The van der Waals surface area contributed by atoms with Crippen LogP contribution in [0.3, 0.4) is 0 Å². The average molecular weight is 259 g/mol. The van der Waals surface area contributed by atoms with E-state index in [4.69, 9.17) is 5.11 Å². The van der Waals surface area contributed by atoms with E-state index in [2.05, 4.69) is 5.32 Å². The van der Waals surface area contributed by atoms with E-state index in [1.165, 1.54) is 6.08 Å². The minimum Gasteiger partial charge on any atom is -0.478 e. The van der Waals surface area contributed by atoms with Gasteiger partial charge in [-0.1, -0.05) is 38.5 Å². The van der Waals surface area contributed by atoms with Gasteiger partial charge in [0, 0.05) is 11.6 Å². The van der Waals surface area contributed by atoms with Crippen molar-refractivity contribution in [1.29, 1.82) is 0 Å². The van der Waals surface area contributed by atoms with E-state index in [9.17, 15) is 9.59 Å². The molecule has 4 nitrogen and oxygen atoms in total. The van der Waals surface area contributed by atoms with Gasteiger partial charge in [-0.15, -0.1) is 0 Å². The Bertz CT molecular complexity index is 548. The molecule has 19 heavy (non-hydrogen) atoms. The molecule has 4 heteroatoms. The lowest BCUT2D eigenvalue weighted by Crippen LogP contribution is -2.44. The third-order valence-electron chi connectivity index (χ3n) is 3.60. The number of carboxylic acids is 1. The predicted molar refractivity (Wildman–Crippen MR) is 72.8 cm³/mol. The quantitative estimate of drug-likeness (QED) is 0.819. The summed E-state index contributed by atoms with van der Waals surface area (Å²) in [6.45, 7) is 4.03. The van der Waals surface area contributed by atoms with Crippen molar-refractivity contribution in [3.63, 3.8) is 0 Å². The summed E-state index contributed by atoms with van der Waals surface area (Å²) in [5.41, 5.74) is 1.94. The summed E-state index contributed by atoms with van der Waals surface area (Å²) in [7, 11) is 0. The van der Waals surface area contributed by atoms with Crippen molar-refractivity contribution in [3.05, 3.63) is 41.5 Å². The van der Waals surface area contributed by atoms with E-state index in [-0.39, 0.29) is 17.9 Å². The molecule has 1 aliphatic rings. The van der Waals surface area contributed by atoms with Gasteiger partial charge >= 0.3 is 5.97 Å². The second kappa shape index (κ2) is 5.26. The third-order valence-corrected chi connectivity index (χ3v) is 3.60. The van der Waals surface area contributed by atoms with Gasteiger partial charge in [-0.05, 0) is 23.1 Å². The monoisotopic (exact) mass is 259 g/mol. The maximum Gasteiger partial charge on any atom is 0.328 e. The second-order valence-corrected chi connectivity index (χ2v) is 4.82. The highest BCUT2D eigenvalue weighted by atomic mass is 16.4. The molecule has 0 saturated carbocycles. The fraction of sp³-hybridized carbons (Fsp3) is 0.333. The van der Waals surface area contributed by atoms with Crippen LogP contribution >= 0.6 is 0 Å². The number of hydrogen-bond acceptors (Lipinski definition) is 2. The normalized spacial score (nSPS) is 21.7. The first-order valence-electron chi connectivity index (χ1n) is 6.39. The Balaban J connectivity index is 2.57. The number of nitrogens with one attached hydrogen (secondary N) is 1. The van der Waals surface area contributed by atoms with E-state index in [0.29, 0.717) is 11.1 Å². The lowest BCUT2D eigenvalue weighted by Gasteiger charge is -2.32. The largest absolute Gasteiger partial charge is 0.478 e. The maximum atomic E-state index is 12.1. The maximum absolute atomic E-state index is 12.1. The van der Waals surface area contributed by atoms with Crippen LogP contribution in [0.4, 0.5) is 0 Å². The fourth-order valence-electron chi connectivity index (χ4n) is 2.38. The minimum absolute atomic E-state index is 0.136. The smallest absolute Gasteiger partial charge is 0.328 e. The molecule has 1 heterocycles. The number of fused-ring (bicyclic) bond motifs is 1. The number of carbonyl (C=O) groups is 2. The van der Waals surface area contributed by atoms with Crippen LogP contribution < -0.4 is 5.32 Å². The van der Waals surface area contributed by atoms with Crippen LogP contribution in [0, 0.1) is 5.92 Å². The van der Waals surface area contributed by atoms with E-state index in [1.54, 1.807) is 18.2 Å². The molecule has 1 aliphatic heterocycles. The van der Waals surface area contributed by atoms with E-state index in [0.717, 1.165) is 12.0 Å². The van der Waals surface area contributed by atoms with Crippen molar-refractivity contribution in [3.8, 4) is 0 Å². The first-order chi connectivity index (χ1) is 9.04. The van der Waals surface area contributed by atoms with Crippen molar-refractivity contribution in [2.45, 2.75) is 26.3 Å². The molecule has 0 aromatic heterocycles. The van der Waals surface area contributed by atoms with Crippen molar-refractivity contribution < 1.29 is 14.7 Å². The Labute approximate surface area is 112 Å². The first kappa shape index (κ1) is 13.3. The Hall–Kier alpha value is -2.10. The molecule has 2 rings (SSSR count). The van der Waals surface area contributed by atoms with Gasteiger partial charge in [-0.2, -0.15) is 0 Å². The molecule has 0 radical (unpaired) electrons. The first-order valence-corrected chi connectivity index (χ1v) is 6.39. The second-order valence-electron chi connectivity index (χ2n) is 4.82. The highest BCUT2D eigenvalue weighted by molar-refractivity contribution is 6.06. The third kappa shape index (κ3) is 2.52. The highest BCUT2D eigenvalue weighted by Crippen LogP contribution is 2.31. The molecule has 100 valence electrons. The summed E-state index contributed by atoms with van der Waals surface area (Å²) in [4.78, 5) is 23.1. The van der Waals surface area contributed by atoms with E-state index in [1.807, 2.05) is 19.9 Å². The average Bonchev–Trinajstić information content (AvgIpc) is 2.40. The van der Waals surface area contributed by atoms with Crippen LogP contribution in [0.2, 0.25) is 0 Å². The van der Waals surface area contributed by atoms with Gasteiger partial charge in [0.15, 0.2) is 0 Å². The Morgan fingerprint density at radius 1 is 1.42 bits per heavy atom. The van der Waals surface area contributed by atoms with Crippen LogP contribution in [0.1, 0.15) is 36.2 Å². The topological polar surface area (TPSA) is 66.4 Å². The van der Waals surface area contributed by atoms with Gasteiger partial charge in [-0.3, -0.25) is 4.79 Å². The summed E-state index contributed by atoms with van der Waals surface area (Å²) < 4.78 is 0. The van der Waals surface area contributed by atoms with E-state index < -0.39 is 5.97 Å². The molecule has 2 N–H and O–H groups in total. The van der Waals surface area contributed by atoms with Gasteiger partial charge in [0.1, 0.15) is 0 Å². The zero-order chi connectivity index (χ0) is 14.0. The number of benzene rings is 1. The van der Waals surface area contributed by atoms with Crippen LogP contribution in [0.25, 0.3) is 5.57 Å². The molecule has 2 atom stereocenters. The highest BCUT2D eigenvalue weighted by Gasteiger charge is 2.31. The minimum atomic E-state index is -0.991. The Morgan fingerprint density at radius 3 is 2.63 bits per heavy atom. The predicted octanol–water partition coefficient (Wildman–Crippen LogP) is 2.31. The number of carbonyl (C=O) groups excluding carboxylic acids is 1. The van der Waals surface area contributed by atoms with Crippen LogP contribution in [-0.2, 0) is 4.79 Å². The summed E-state index contributed by atoms with van der Waals surface area (Å²) in [5, 5.41) is 11.9. The van der Waals surface area contributed by atoms with Crippen LogP contribution in [0.15, 0.2) is 30.3 Å². The lowest BCUT2D eigenvalue weighted by molar-refractivity contribution is -0.131. The standard InChI is InChI=1S/C15H17NO3/c1-3-9(2)14-12(8-13(17)18)10-6-4-5-7-11(10)15(19)16-14/h4-9,14H,3H2,1-2H3,(H,16,19)(H,17,18)/t9?,14-/m0/s1. The molecule has 1 unspecified atom stereocenters. The van der Waals surface area contributed by atoms with Gasteiger partial charge in [0.05, 0.1) is 6.04 Å². The molecule has 0 saturated heterocycles. The zero-order valence-electron chi connectivity index (χ0n) is 11.0. The lowest BCUT2D eigenvalue weighted by atomic mass is 9.82. The fourth-order valence-corrected chi connectivity index (χ4v) is 2.38. The molecular formula is C15H17NO3. The number of rotatable bonds is 3. The van der Waals surface area contributed by atoms with Gasteiger partial charge < -0.3 is 10.4 Å². The number of hydrogen-bond donors (Lipinski definition) is 2. The Morgan fingerprint density at radius 2 is 2.05 bits per heavy atom. The molecule has 1 amide bonds. The van der Waals surface area contributed by atoms with Gasteiger partial charge in [-0.25, -0.2) is 4.79 Å². The summed E-state index contributed by atoms with van der Waals surface area (Å²) in [6.07, 6.45) is 2.07. The number of aliphatic carboxylic acids is 1. The molecule has 0 fully saturated rings. The molecular weight excluding hydrogens is 242 g/mol. The number of amides is 1. The van der Waals surface area contributed by atoms with Crippen molar-refractivity contribution in [2.75, 3.05) is 0 Å². The summed E-state index contributed by atoms with van der Waals surface area (Å²) >= 11 is 0. The number of carboxylic acid groups (broad SMARTS) is 1. The van der Waals surface area contributed by atoms with Gasteiger partial charge in [0.2, 0.25) is 0 Å². The van der Waals surface area contributed by atoms with Crippen LogP contribution in [0.5, 0.6) is 0 Å². The molecule has 0 bridgehead atoms. The summed E-state index contributed by atoms with van der Waals surface area (Å²) in [5.74, 6) is -0.944. The zero-order valence-corrected chi connectivity index (χ0v) is 11.0. The molecule has 1 aromatic carbocycles. The van der Waals surface area contributed by atoms with Crippen molar-refractivity contribution >= 4 is 17.4 Å². The van der Waals surface area contributed by atoms with Crippen molar-refractivity contribution in [1.82, 2.24) is 5.32 Å². The van der Waals surface area contributed by atoms with Gasteiger partial charge in [0.25, 0.3) is 5.91 Å². The molecule has 0 aliphatic carbocycles. The SMILES string of the molecule is CCC(C)[C@@H]1NC(=O)c2ccccc2C1=CC(=O)O.